The van der Waals surface area contributed by atoms with Crippen LogP contribution in [0.2, 0.25) is 0 Å². The molecule has 3 unspecified atom stereocenters. The highest BCUT2D eigenvalue weighted by molar-refractivity contribution is 14.0. The van der Waals surface area contributed by atoms with Gasteiger partial charge in [-0.1, -0.05) is 19.8 Å². The van der Waals surface area contributed by atoms with E-state index >= 15 is 0 Å². The van der Waals surface area contributed by atoms with Gasteiger partial charge >= 0.3 is 0 Å². The maximum atomic E-state index is 6.04. The Morgan fingerprint density at radius 2 is 1.92 bits per heavy atom. The van der Waals surface area contributed by atoms with Gasteiger partial charge in [-0.25, -0.2) is 0 Å². The Bertz CT molecular complexity index is 468. The molecule has 0 radical (unpaired) electrons. The van der Waals surface area contributed by atoms with Crippen molar-refractivity contribution in [2.45, 2.75) is 77.4 Å². The first kappa shape index (κ1) is 18.7. The maximum Gasteiger partial charge on any atom is 0.191 e. The minimum Gasteiger partial charge on any atom is -0.377 e. The topological polar surface area (TPSA) is 45.7 Å². The molecule has 1 saturated heterocycles. The number of ether oxygens (including phenoxy) is 1. The lowest BCUT2D eigenvalue weighted by Gasteiger charge is -2.63. The lowest BCUT2D eigenvalue weighted by molar-refractivity contribution is -0.171. The zero-order valence-corrected chi connectivity index (χ0v) is 17.6. The predicted molar refractivity (Wildman–Crippen MR) is 109 cm³/mol. The number of rotatable bonds is 5. The van der Waals surface area contributed by atoms with Crippen LogP contribution in [0, 0.1) is 16.7 Å². The summed E-state index contributed by atoms with van der Waals surface area (Å²) in [7, 11) is 0. The van der Waals surface area contributed by atoms with Gasteiger partial charge in [0.1, 0.15) is 0 Å². The molecule has 3 aliphatic carbocycles. The molecule has 0 bridgehead atoms. The van der Waals surface area contributed by atoms with Gasteiger partial charge in [-0.05, 0) is 50.9 Å². The van der Waals surface area contributed by atoms with Gasteiger partial charge in [0.15, 0.2) is 5.96 Å². The van der Waals surface area contributed by atoms with Gasteiger partial charge in [0.05, 0.1) is 6.10 Å². The fourth-order valence-corrected chi connectivity index (χ4v) is 5.47. The van der Waals surface area contributed by atoms with E-state index in [-0.39, 0.29) is 24.0 Å². The van der Waals surface area contributed by atoms with Crippen molar-refractivity contribution < 1.29 is 4.74 Å². The second-order valence-electron chi connectivity index (χ2n) is 8.35. The zero-order chi connectivity index (χ0) is 15.9. The molecule has 3 saturated carbocycles. The number of nitrogens with zero attached hydrogens (tertiary/aromatic N) is 1. The molecule has 1 spiro atoms. The fraction of sp³-hybridized carbons (Fsp3) is 0.947. The van der Waals surface area contributed by atoms with Crippen molar-refractivity contribution in [3.05, 3.63) is 0 Å². The molecule has 138 valence electrons. The lowest BCUT2D eigenvalue weighted by Crippen LogP contribution is -2.72. The van der Waals surface area contributed by atoms with Gasteiger partial charge < -0.3 is 15.4 Å². The van der Waals surface area contributed by atoms with E-state index in [9.17, 15) is 0 Å². The van der Waals surface area contributed by atoms with Crippen LogP contribution in [0.1, 0.15) is 65.2 Å². The summed E-state index contributed by atoms with van der Waals surface area (Å²) >= 11 is 0. The van der Waals surface area contributed by atoms with Gasteiger partial charge in [-0.15, -0.1) is 24.0 Å². The second kappa shape index (κ2) is 7.29. The number of nitrogens with one attached hydrogen (secondary N) is 2. The third kappa shape index (κ3) is 2.87. The summed E-state index contributed by atoms with van der Waals surface area (Å²) in [6, 6.07) is 0.584. The molecule has 4 rings (SSSR count). The standard InChI is InChI=1S/C19H33N3O.HI/c1-3-18(8-5-9-18)13-21-17(20-4-2)22-15-14-7-12-23-16(14)19(15)10-6-11-19;/h14-16H,3-13H2,1-2H3,(H2,20,21,22);1H. The van der Waals surface area contributed by atoms with E-state index in [0.29, 0.717) is 28.9 Å². The number of aliphatic imine (C=N–C) groups is 1. The van der Waals surface area contributed by atoms with Crippen LogP contribution < -0.4 is 10.6 Å². The number of hydrogen-bond donors (Lipinski definition) is 2. The molecular formula is C19H34IN3O. The van der Waals surface area contributed by atoms with Crippen molar-refractivity contribution >= 4 is 29.9 Å². The summed E-state index contributed by atoms with van der Waals surface area (Å²) in [5, 5.41) is 7.31. The molecule has 2 N–H and O–H groups in total. The Hall–Kier alpha value is -0.0400. The van der Waals surface area contributed by atoms with Crippen molar-refractivity contribution in [1.29, 1.82) is 0 Å². The molecule has 0 aromatic rings. The maximum absolute atomic E-state index is 6.04. The number of guanidine groups is 1. The summed E-state index contributed by atoms with van der Waals surface area (Å²) in [6.45, 7) is 7.38. The van der Waals surface area contributed by atoms with Gasteiger partial charge in [-0.3, -0.25) is 4.99 Å². The molecule has 0 aromatic heterocycles. The fourth-order valence-electron chi connectivity index (χ4n) is 5.47. The number of halogens is 1. The van der Waals surface area contributed by atoms with Crippen LogP contribution in [0.5, 0.6) is 0 Å². The average Bonchev–Trinajstić information content (AvgIpc) is 2.87. The molecule has 4 aliphatic rings. The highest BCUT2D eigenvalue weighted by Gasteiger charge is 2.66. The summed E-state index contributed by atoms with van der Waals surface area (Å²) in [5.74, 6) is 1.76. The van der Waals surface area contributed by atoms with Gasteiger partial charge in [0, 0.05) is 37.1 Å². The lowest BCUT2D eigenvalue weighted by atomic mass is 9.46. The SMILES string of the molecule is CCNC(=NCC1(CC)CCC1)NC1C2CCOC2C12CCC2.I. The van der Waals surface area contributed by atoms with Crippen LogP contribution in [0.15, 0.2) is 4.99 Å². The Balaban J connectivity index is 0.00000169. The van der Waals surface area contributed by atoms with E-state index < -0.39 is 0 Å². The van der Waals surface area contributed by atoms with Gasteiger partial charge in [0.25, 0.3) is 0 Å². The van der Waals surface area contributed by atoms with Gasteiger partial charge in [-0.2, -0.15) is 0 Å². The summed E-state index contributed by atoms with van der Waals surface area (Å²) in [5.41, 5.74) is 0.922. The minimum atomic E-state index is 0. The monoisotopic (exact) mass is 447 g/mol. The molecule has 0 amide bonds. The molecule has 24 heavy (non-hydrogen) atoms. The first-order valence-electron chi connectivity index (χ1n) is 9.89. The zero-order valence-electron chi connectivity index (χ0n) is 15.3. The van der Waals surface area contributed by atoms with Crippen LogP contribution >= 0.6 is 24.0 Å². The normalized spacial score (nSPS) is 35.1. The summed E-state index contributed by atoms with van der Waals surface area (Å²) < 4.78 is 6.04. The Kier molecular flexibility index (Phi) is 5.70. The number of hydrogen-bond acceptors (Lipinski definition) is 2. The third-order valence-corrected chi connectivity index (χ3v) is 7.41. The average molecular weight is 447 g/mol. The second-order valence-corrected chi connectivity index (χ2v) is 8.35. The van der Waals surface area contributed by atoms with E-state index in [1.807, 2.05) is 0 Å². The molecule has 0 aromatic carbocycles. The van der Waals surface area contributed by atoms with E-state index in [0.717, 1.165) is 25.7 Å². The first-order chi connectivity index (χ1) is 11.2. The van der Waals surface area contributed by atoms with Crippen molar-refractivity contribution in [2.75, 3.05) is 19.7 Å². The molecule has 1 aliphatic heterocycles. The smallest absolute Gasteiger partial charge is 0.191 e. The molecule has 3 atom stereocenters. The largest absolute Gasteiger partial charge is 0.377 e. The van der Waals surface area contributed by atoms with E-state index in [2.05, 4.69) is 24.5 Å². The number of fused-ring (bicyclic) bond motifs is 2. The molecule has 5 heteroatoms. The third-order valence-electron chi connectivity index (χ3n) is 7.41. The van der Waals surface area contributed by atoms with Crippen molar-refractivity contribution in [1.82, 2.24) is 10.6 Å². The molecule has 1 heterocycles. The van der Waals surface area contributed by atoms with E-state index in [4.69, 9.17) is 9.73 Å². The highest BCUT2D eigenvalue weighted by atomic mass is 127. The van der Waals surface area contributed by atoms with Crippen LogP contribution in [-0.4, -0.2) is 37.8 Å². The molecule has 4 fully saturated rings. The van der Waals surface area contributed by atoms with Gasteiger partial charge in [0.2, 0.25) is 0 Å². The quantitative estimate of drug-likeness (QED) is 0.384. The van der Waals surface area contributed by atoms with Crippen LogP contribution in [0.4, 0.5) is 0 Å². The van der Waals surface area contributed by atoms with Crippen LogP contribution in [-0.2, 0) is 4.74 Å². The van der Waals surface area contributed by atoms with Crippen LogP contribution in [0.25, 0.3) is 0 Å². The molecule has 4 nitrogen and oxygen atoms in total. The summed E-state index contributed by atoms with van der Waals surface area (Å²) in [4.78, 5) is 4.99. The Labute approximate surface area is 164 Å². The van der Waals surface area contributed by atoms with E-state index in [1.165, 1.54) is 51.4 Å². The van der Waals surface area contributed by atoms with Crippen LogP contribution in [0.3, 0.4) is 0 Å². The van der Waals surface area contributed by atoms with Crippen molar-refractivity contribution in [3.63, 3.8) is 0 Å². The summed E-state index contributed by atoms with van der Waals surface area (Å²) in [6.07, 6.45) is 11.2. The highest BCUT2D eigenvalue weighted by Crippen LogP contribution is 2.62. The van der Waals surface area contributed by atoms with Crippen molar-refractivity contribution in [3.8, 4) is 0 Å². The minimum absolute atomic E-state index is 0. The molecular weight excluding hydrogens is 413 g/mol. The Morgan fingerprint density at radius 1 is 1.17 bits per heavy atom. The predicted octanol–water partition coefficient (Wildman–Crippen LogP) is 3.70. The van der Waals surface area contributed by atoms with Crippen molar-refractivity contribution in [2.24, 2.45) is 21.7 Å². The first-order valence-corrected chi connectivity index (χ1v) is 9.89. The Morgan fingerprint density at radius 3 is 2.46 bits per heavy atom. The van der Waals surface area contributed by atoms with E-state index in [1.54, 1.807) is 0 Å².